The van der Waals surface area contributed by atoms with E-state index in [1.54, 1.807) is 7.05 Å². The molecule has 7 heteroatoms. The fourth-order valence-corrected chi connectivity index (χ4v) is 2.17. The number of hydrogen-bond acceptors (Lipinski definition) is 6. The van der Waals surface area contributed by atoms with E-state index in [4.69, 9.17) is 9.84 Å². The van der Waals surface area contributed by atoms with Crippen LogP contribution in [-0.4, -0.2) is 70.5 Å². The highest BCUT2D eigenvalue weighted by Gasteiger charge is 2.42. The SMILES string of the molecule is CNC(=O)CCCCC1OC(CO)C(O)C(O)C1O. The minimum absolute atomic E-state index is 0.0474. The summed E-state index contributed by atoms with van der Waals surface area (Å²) in [5.41, 5.74) is 0. The van der Waals surface area contributed by atoms with Gasteiger partial charge in [-0.3, -0.25) is 4.79 Å². The second kappa shape index (κ2) is 7.76. The zero-order valence-electron chi connectivity index (χ0n) is 11.0. The van der Waals surface area contributed by atoms with E-state index in [-0.39, 0.29) is 5.91 Å². The number of aliphatic hydroxyl groups excluding tert-OH is 4. The largest absolute Gasteiger partial charge is 0.394 e. The van der Waals surface area contributed by atoms with Gasteiger partial charge < -0.3 is 30.5 Å². The fraction of sp³-hybridized carbons (Fsp3) is 0.917. The van der Waals surface area contributed by atoms with Crippen molar-refractivity contribution in [3.05, 3.63) is 0 Å². The van der Waals surface area contributed by atoms with Gasteiger partial charge in [-0.2, -0.15) is 0 Å². The number of aliphatic hydroxyl groups is 4. The molecule has 0 aromatic rings. The summed E-state index contributed by atoms with van der Waals surface area (Å²) in [4.78, 5) is 11.0. The van der Waals surface area contributed by atoms with Gasteiger partial charge in [0.25, 0.3) is 0 Å². The molecule has 19 heavy (non-hydrogen) atoms. The minimum atomic E-state index is -1.32. The third kappa shape index (κ3) is 4.39. The van der Waals surface area contributed by atoms with Crippen LogP contribution in [0.4, 0.5) is 0 Å². The van der Waals surface area contributed by atoms with Crippen molar-refractivity contribution in [3.63, 3.8) is 0 Å². The van der Waals surface area contributed by atoms with Crippen molar-refractivity contribution in [3.8, 4) is 0 Å². The smallest absolute Gasteiger partial charge is 0.219 e. The molecule has 0 bridgehead atoms. The minimum Gasteiger partial charge on any atom is -0.394 e. The lowest BCUT2D eigenvalue weighted by atomic mass is 9.92. The predicted octanol–water partition coefficient (Wildman–Crippen LogP) is -1.86. The maximum Gasteiger partial charge on any atom is 0.219 e. The lowest BCUT2D eigenvalue weighted by Crippen LogP contribution is -2.58. The fourth-order valence-electron chi connectivity index (χ4n) is 2.17. The third-order valence-corrected chi connectivity index (χ3v) is 3.41. The van der Waals surface area contributed by atoms with E-state index in [2.05, 4.69) is 5.32 Å². The van der Waals surface area contributed by atoms with E-state index >= 15 is 0 Å². The van der Waals surface area contributed by atoms with Crippen LogP contribution in [-0.2, 0) is 9.53 Å². The summed E-state index contributed by atoms with van der Waals surface area (Å²) in [5, 5.41) is 40.5. The summed E-state index contributed by atoms with van der Waals surface area (Å²) in [5.74, 6) is -0.0474. The lowest BCUT2D eigenvalue weighted by Gasteiger charge is -2.40. The molecule has 0 aromatic heterocycles. The van der Waals surface area contributed by atoms with Crippen molar-refractivity contribution < 1.29 is 30.0 Å². The number of amides is 1. The quantitative estimate of drug-likeness (QED) is 0.363. The van der Waals surface area contributed by atoms with Gasteiger partial charge in [0.15, 0.2) is 0 Å². The number of carbonyl (C=O) groups excluding carboxylic acids is 1. The highest BCUT2D eigenvalue weighted by atomic mass is 16.5. The topological polar surface area (TPSA) is 119 Å². The van der Waals surface area contributed by atoms with E-state index < -0.39 is 37.1 Å². The van der Waals surface area contributed by atoms with Gasteiger partial charge in [0, 0.05) is 13.5 Å². The predicted molar refractivity (Wildman–Crippen MR) is 66.3 cm³/mol. The average molecular weight is 277 g/mol. The van der Waals surface area contributed by atoms with Gasteiger partial charge in [0.1, 0.15) is 24.4 Å². The summed E-state index contributed by atoms with van der Waals surface area (Å²) in [7, 11) is 1.57. The van der Waals surface area contributed by atoms with E-state index in [0.717, 1.165) is 0 Å². The van der Waals surface area contributed by atoms with Crippen LogP contribution in [0.1, 0.15) is 25.7 Å². The Bertz CT molecular complexity index is 285. The Labute approximate surface area is 112 Å². The molecule has 0 radical (unpaired) electrons. The van der Waals surface area contributed by atoms with Crippen LogP contribution in [0.25, 0.3) is 0 Å². The van der Waals surface area contributed by atoms with E-state index in [1.165, 1.54) is 0 Å². The number of ether oxygens (including phenoxy) is 1. The van der Waals surface area contributed by atoms with Crippen LogP contribution in [0.3, 0.4) is 0 Å². The lowest BCUT2D eigenvalue weighted by molar-refractivity contribution is -0.230. The first-order valence-electron chi connectivity index (χ1n) is 6.52. The second-order valence-electron chi connectivity index (χ2n) is 4.79. The molecule has 112 valence electrons. The maximum absolute atomic E-state index is 11.0. The van der Waals surface area contributed by atoms with Gasteiger partial charge >= 0.3 is 0 Å². The van der Waals surface area contributed by atoms with Crippen molar-refractivity contribution in [1.29, 1.82) is 0 Å². The van der Waals surface area contributed by atoms with Crippen LogP contribution in [0, 0.1) is 0 Å². The van der Waals surface area contributed by atoms with Gasteiger partial charge in [-0.05, 0) is 12.8 Å². The number of nitrogens with one attached hydrogen (secondary N) is 1. The molecule has 1 aliphatic heterocycles. The van der Waals surface area contributed by atoms with Crippen molar-refractivity contribution in [2.75, 3.05) is 13.7 Å². The molecule has 1 saturated heterocycles. The number of carbonyl (C=O) groups is 1. The Morgan fingerprint density at radius 3 is 2.32 bits per heavy atom. The monoisotopic (exact) mass is 277 g/mol. The molecule has 0 aromatic carbocycles. The highest BCUT2D eigenvalue weighted by molar-refractivity contribution is 5.75. The molecular formula is C12H23NO6. The van der Waals surface area contributed by atoms with E-state index in [9.17, 15) is 20.1 Å². The Morgan fingerprint density at radius 1 is 1.11 bits per heavy atom. The van der Waals surface area contributed by atoms with Gasteiger partial charge in [-0.15, -0.1) is 0 Å². The summed E-state index contributed by atoms with van der Waals surface area (Å²) in [6.45, 7) is -0.417. The van der Waals surface area contributed by atoms with Crippen LogP contribution in [0.5, 0.6) is 0 Å². The first-order chi connectivity index (χ1) is 9.01. The molecule has 0 aliphatic carbocycles. The highest BCUT2D eigenvalue weighted by Crippen LogP contribution is 2.24. The zero-order chi connectivity index (χ0) is 14.4. The zero-order valence-corrected chi connectivity index (χ0v) is 11.0. The van der Waals surface area contributed by atoms with Crippen molar-refractivity contribution in [1.82, 2.24) is 5.32 Å². The molecule has 0 saturated carbocycles. The van der Waals surface area contributed by atoms with E-state index in [1.807, 2.05) is 0 Å². The summed E-state index contributed by atoms with van der Waals surface area (Å²) >= 11 is 0. The van der Waals surface area contributed by atoms with Gasteiger partial charge in [0.05, 0.1) is 12.7 Å². The molecule has 1 amide bonds. The van der Waals surface area contributed by atoms with Crippen molar-refractivity contribution >= 4 is 5.91 Å². The van der Waals surface area contributed by atoms with Crippen molar-refractivity contribution in [2.45, 2.75) is 56.2 Å². The Balaban J connectivity index is 2.37. The average Bonchev–Trinajstić information content (AvgIpc) is 2.42. The maximum atomic E-state index is 11.0. The Morgan fingerprint density at radius 2 is 1.74 bits per heavy atom. The molecule has 7 nitrogen and oxygen atoms in total. The van der Waals surface area contributed by atoms with Crippen LogP contribution >= 0.6 is 0 Å². The standard InChI is InChI=1S/C12H23NO6/c1-13-9(15)5-3-2-4-7-10(16)12(18)11(17)8(6-14)19-7/h7-8,10-12,14,16-18H,2-6H2,1H3,(H,13,15). The molecule has 5 atom stereocenters. The van der Waals surface area contributed by atoms with Gasteiger partial charge in [-0.25, -0.2) is 0 Å². The molecule has 0 spiro atoms. The molecule has 1 fully saturated rings. The summed E-state index contributed by atoms with van der Waals surface area (Å²) in [6, 6.07) is 0. The van der Waals surface area contributed by atoms with Gasteiger partial charge in [0.2, 0.25) is 5.91 Å². The van der Waals surface area contributed by atoms with E-state index in [0.29, 0.717) is 25.7 Å². The van der Waals surface area contributed by atoms with Crippen LogP contribution in [0.15, 0.2) is 0 Å². The first-order valence-corrected chi connectivity index (χ1v) is 6.52. The van der Waals surface area contributed by atoms with Gasteiger partial charge in [-0.1, -0.05) is 6.42 Å². The normalized spacial score (nSPS) is 35.1. The Kier molecular flexibility index (Phi) is 6.67. The molecule has 5 unspecified atom stereocenters. The molecule has 1 heterocycles. The first kappa shape index (κ1) is 16.3. The van der Waals surface area contributed by atoms with Crippen molar-refractivity contribution in [2.24, 2.45) is 0 Å². The second-order valence-corrected chi connectivity index (χ2v) is 4.79. The molecule has 5 N–H and O–H groups in total. The summed E-state index contributed by atoms with van der Waals surface area (Å²) < 4.78 is 5.35. The van der Waals surface area contributed by atoms with Crippen LogP contribution in [0.2, 0.25) is 0 Å². The van der Waals surface area contributed by atoms with Crippen LogP contribution < -0.4 is 5.32 Å². The number of hydrogen-bond donors (Lipinski definition) is 5. The molecular weight excluding hydrogens is 254 g/mol. The third-order valence-electron chi connectivity index (χ3n) is 3.41. The summed E-state index contributed by atoms with van der Waals surface area (Å²) in [6.07, 6.45) is -3.17. The number of rotatable bonds is 6. The Hall–Kier alpha value is -0.730. The number of unbranched alkanes of at least 4 members (excludes halogenated alkanes) is 1. The molecule has 1 aliphatic rings. The molecule has 1 rings (SSSR count).